The van der Waals surface area contributed by atoms with Crippen LogP contribution < -0.4 is 0 Å². The summed E-state index contributed by atoms with van der Waals surface area (Å²) in [6.07, 6.45) is 3.30. The predicted molar refractivity (Wildman–Crippen MR) is 81.2 cm³/mol. The minimum Gasteiger partial charge on any atom is -0.388 e. The van der Waals surface area contributed by atoms with E-state index in [0.29, 0.717) is 18.5 Å². The molecule has 1 heterocycles. The van der Waals surface area contributed by atoms with E-state index in [1.165, 1.54) is 11.6 Å². The molecule has 0 aliphatic heterocycles. The number of rotatable bonds is 7. The number of aromatic nitrogens is 1. The molecule has 0 spiro atoms. The van der Waals surface area contributed by atoms with Gasteiger partial charge in [-0.3, -0.25) is 9.88 Å². The van der Waals surface area contributed by atoms with Gasteiger partial charge in [0.25, 0.3) is 0 Å². The fraction of sp³-hybridized carbons (Fsp3) is 0.353. The van der Waals surface area contributed by atoms with Crippen molar-refractivity contribution in [3.63, 3.8) is 0 Å². The first-order valence-corrected chi connectivity index (χ1v) is 7.24. The third-order valence-electron chi connectivity index (χ3n) is 3.59. The molecule has 0 amide bonds. The maximum absolute atomic E-state index is 13.6. The average molecular weight is 288 g/mol. The van der Waals surface area contributed by atoms with Crippen LogP contribution >= 0.6 is 0 Å². The maximum atomic E-state index is 13.6. The maximum Gasteiger partial charge on any atom is 0.128 e. The van der Waals surface area contributed by atoms with Gasteiger partial charge in [0, 0.05) is 31.0 Å². The van der Waals surface area contributed by atoms with Crippen LogP contribution in [0.5, 0.6) is 0 Å². The standard InChI is InChI=1S/C17H21FN2O/c1-2-20(13-14-7-10-19-11-8-14)12-9-17(21)15-5-3-4-6-16(15)18/h3-8,10-11,17,21H,2,9,12-13H2,1H3. The summed E-state index contributed by atoms with van der Waals surface area (Å²) in [7, 11) is 0. The van der Waals surface area contributed by atoms with Crippen LogP contribution in [0.25, 0.3) is 0 Å². The Balaban J connectivity index is 1.90. The lowest BCUT2D eigenvalue weighted by Gasteiger charge is -2.22. The molecule has 1 unspecified atom stereocenters. The summed E-state index contributed by atoms with van der Waals surface area (Å²) in [6, 6.07) is 10.4. The van der Waals surface area contributed by atoms with E-state index in [2.05, 4.69) is 16.8 Å². The minimum atomic E-state index is -0.766. The highest BCUT2D eigenvalue weighted by Gasteiger charge is 2.13. The molecule has 0 saturated carbocycles. The van der Waals surface area contributed by atoms with Crippen LogP contribution in [0.15, 0.2) is 48.8 Å². The topological polar surface area (TPSA) is 36.4 Å². The summed E-state index contributed by atoms with van der Waals surface area (Å²) in [6.45, 7) is 4.49. The van der Waals surface area contributed by atoms with Gasteiger partial charge in [0.2, 0.25) is 0 Å². The summed E-state index contributed by atoms with van der Waals surface area (Å²) in [4.78, 5) is 6.22. The third-order valence-corrected chi connectivity index (χ3v) is 3.59. The molecule has 1 aromatic heterocycles. The first kappa shape index (κ1) is 15.6. The van der Waals surface area contributed by atoms with E-state index in [1.54, 1.807) is 30.6 Å². The van der Waals surface area contributed by atoms with Crippen molar-refractivity contribution in [3.05, 3.63) is 65.7 Å². The monoisotopic (exact) mass is 288 g/mol. The van der Waals surface area contributed by atoms with Gasteiger partial charge < -0.3 is 5.11 Å². The zero-order valence-electron chi connectivity index (χ0n) is 12.2. The molecular formula is C17H21FN2O. The van der Waals surface area contributed by atoms with Crippen molar-refractivity contribution in [1.82, 2.24) is 9.88 Å². The summed E-state index contributed by atoms with van der Waals surface area (Å²) < 4.78 is 13.6. The predicted octanol–water partition coefficient (Wildman–Crippen LogP) is 3.17. The van der Waals surface area contributed by atoms with Crippen molar-refractivity contribution < 1.29 is 9.50 Å². The van der Waals surface area contributed by atoms with Crippen LogP contribution in [-0.4, -0.2) is 28.1 Å². The number of aliphatic hydroxyl groups excluding tert-OH is 1. The average Bonchev–Trinajstić information content (AvgIpc) is 2.52. The number of halogens is 1. The smallest absolute Gasteiger partial charge is 0.128 e. The minimum absolute atomic E-state index is 0.345. The van der Waals surface area contributed by atoms with Crippen LogP contribution in [0.2, 0.25) is 0 Å². The molecule has 3 nitrogen and oxygen atoms in total. The third kappa shape index (κ3) is 4.62. The molecule has 0 aliphatic rings. The van der Waals surface area contributed by atoms with Gasteiger partial charge in [-0.1, -0.05) is 25.1 Å². The van der Waals surface area contributed by atoms with Gasteiger partial charge in [-0.2, -0.15) is 0 Å². The van der Waals surface area contributed by atoms with Gasteiger partial charge in [0.15, 0.2) is 0 Å². The number of nitrogens with zero attached hydrogens (tertiary/aromatic N) is 2. The zero-order chi connectivity index (χ0) is 15.1. The van der Waals surface area contributed by atoms with Gasteiger partial charge in [0.05, 0.1) is 6.10 Å². The second-order valence-corrected chi connectivity index (χ2v) is 5.05. The summed E-state index contributed by atoms with van der Waals surface area (Å²) in [5.74, 6) is -0.345. The molecule has 112 valence electrons. The van der Waals surface area contributed by atoms with Crippen LogP contribution in [0, 0.1) is 5.82 Å². The Kier molecular flexibility index (Phi) is 5.84. The first-order valence-electron chi connectivity index (χ1n) is 7.24. The molecule has 0 radical (unpaired) electrons. The molecule has 0 aliphatic carbocycles. The molecule has 2 aromatic rings. The van der Waals surface area contributed by atoms with Crippen molar-refractivity contribution in [1.29, 1.82) is 0 Å². The van der Waals surface area contributed by atoms with E-state index >= 15 is 0 Å². The lowest BCUT2D eigenvalue weighted by molar-refractivity contribution is 0.138. The molecule has 1 N–H and O–H groups in total. The number of hydrogen-bond acceptors (Lipinski definition) is 3. The summed E-state index contributed by atoms with van der Waals surface area (Å²) in [5, 5.41) is 10.1. The second-order valence-electron chi connectivity index (χ2n) is 5.05. The number of pyridine rings is 1. The van der Waals surface area contributed by atoms with Crippen LogP contribution in [0.3, 0.4) is 0 Å². The van der Waals surface area contributed by atoms with Gasteiger partial charge in [-0.05, 0) is 36.7 Å². The quantitative estimate of drug-likeness (QED) is 0.850. The summed E-state index contributed by atoms with van der Waals surface area (Å²) in [5.41, 5.74) is 1.56. The Hall–Kier alpha value is -1.78. The van der Waals surface area contributed by atoms with Crippen LogP contribution in [0.4, 0.5) is 4.39 Å². The second kappa shape index (κ2) is 7.86. The van der Waals surface area contributed by atoms with Gasteiger partial charge in [-0.25, -0.2) is 4.39 Å². The summed E-state index contributed by atoms with van der Waals surface area (Å²) >= 11 is 0. The SMILES string of the molecule is CCN(CCC(O)c1ccccc1F)Cc1ccncc1. The van der Waals surface area contributed by atoms with E-state index in [9.17, 15) is 9.50 Å². The van der Waals surface area contributed by atoms with Gasteiger partial charge >= 0.3 is 0 Å². The largest absolute Gasteiger partial charge is 0.388 e. The molecule has 21 heavy (non-hydrogen) atoms. The van der Waals surface area contributed by atoms with Crippen molar-refractivity contribution >= 4 is 0 Å². The number of hydrogen-bond donors (Lipinski definition) is 1. The Bertz CT molecular complexity index is 547. The van der Waals surface area contributed by atoms with Crippen LogP contribution in [-0.2, 0) is 6.54 Å². The first-order chi connectivity index (χ1) is 10.2. The molecular weight excluding hydrogens is 267 g/mol. The van der Waals surface area contributed by atoms with E-state index in [4.69, 9.17) is 0 Å². The fourth-order valence-corrected chi connectivity index (χ4v) is 2.30. The molecule has 1 atom stereocenters. The highest BCUT2D eigenvalue weighted by Crippen LogP contribution is 2.20. The zero-order valence-corrected chi connectivity index (χ0v) is 12.2. The Labute approximate surface area is 125 Å². The molecule has 4 heteroatoms. The van der Waals surface area contributed by atoms with Crippen molar-refractivity contribution in [3.8, 4) is 0 Å². The molecule has 0 fully saturated rings. The number of aliphatic hydroxyl groups is 1. The van der Waals surface area contributed by atoms with Gasteiger partial charge in [-0.15, -0.1) is 0 Å². The molecule has 2 rings (SSSR count). The lowest BCUT2D eigenvalue weighted by atomic mass is 10.1. The molecule has 0 saturated heterocycles. The molecule has 0 bridgehead atoms. The Morgan fingerprint density at radius 3 is 2.57 bits per heavy atom. The van der Waals surface area contributed by atoms with E-state index in [1.807, 2.05) is 12.1 Å². The highest BCUT2D eigenvalue weighted by atomic mass is 19.1. The Morgan fingerprint density at radius 1 is 1.19 bits per heavy atom. The Morgan fingerprint density at radius 2 is 1.90 bits per heavy atom. The highest BCUT2D eigenvalue weighted by molar-refractivity contribution is 5.19. The molecule has 1 aromatic carbocycles. The van der Waals surface area contributed by atoms with Crippen LogP contribution in [0.1, 0.15) is 30.6 Å². The van der Waals surface area contributed by atoms with E-state index in [0.717, 1.165) is 13.1 Å². The van der Waals surface area contributed by atoms with Crippen molar-refractivity contribution in [2.45, 2.75) is 26.0 Å². The number of benzene rings is 1. The lowest BCUT2D eigenvalue weighted by Crippen LogP contribution is -2.25. The van der Waals surface area contributed by atoms with E-state index < -0.39 is 6.10 Å². The normalized spacial score (nSPS) is 12.6. The van der Waals surface area contributed by atoms with Crippen molar-refractivity contribution in [2.24, 2.45) is 0 Å². The fourth-order valence-electron chi connectivity index (χ4n) is 2.30. The van der Waals surface area contributed by atoms with Crippen molar-refractivity contribution in [2.75, 3.05) is 13.1 Å². The van der Waals surface area contributed by atoms with Gasteiger partial charge in [0.1, 0.15) is 5.82 Å². The van der Waals surface area contributed by atoms with E-state index in [-0.39, 0.29) is 5.82 Å².